The first-order valence-electron chi connectivity index (χ1n) is 25.3. The van der Waals surface area contributed by atoms with Gasteiger partial charge in [0, 0.05) is 77.6 Å². The molecule has 33 heteroatoms. The minimum absolute atomic E-state index is 0.0193. The molecule has 26 nitrogen and oxygen atoms in total. The molecule has 2 aliphatic heterocycles. The van der Waals surface area contributed by atoms with Gasteiger partial charge in [-0.3, -0.25) is 32.8 Å². The molecule has 7 N–H and O–H groups in total. The molecule has 0 radical (unpaired) electrons. The number of hydrogen-bond acceptors (Lipinski definition) is 20. The second-order valence-electron chi connectivity index (χ2n) is 20.5. The number of anilines is 1. The van der Waals surface area contributed by atoms with E-state index in [-0.39, 0.29) is 64.4 Å². The van der Waals surface area contributed by atoms with Gasteiger partial charge < -0.3 is 10.2 Å². The van der Waals surface area contributed by atoms with E-state index in [0.29, 0.717) is 57.5 Å². The van der Waals surface area contributed by atoms with E-state index in [4.69, 9.17) is 17.8 Å². The molecule has 8 rings (SSSR count). The number of unbranched alkanes of at least 4 members (excludes halogenated alkanes) is 1. The Morgan fingerprint density at radius 1 is 0.776 bits per heavy atom. The molecule has 85 heavy (non-hydrogen) atoms. The summed E-state index contributed by atoms with van der Waals surface area (Å²) in [5.41, 5.74) is 2.37. The van der Waals surface area contributed by atoms with Gasteiger partial charge in [-0.1, -0.05) is 56.7 Å². The third-order valence-electron chi connectivity index (χ3n) is 14.0. The minimum Gasteiger partial charge on any atom is -0.352 e. The minimum atomic E-state index is -5.10. The van der Waals surface area contributed by atoms with Crippen LogP contribution in [0.1, 0.15) is 92.5 Å². The number of aromatic nitrogens is 3. The number of nitrogens with zero attached hydrogens (tertiary/aromatic N) is 5. The van der Waals surface area contributed by atoms with Crippen molar-refractivity contribution in [1.29, 1.82) is 0 Å². The fourth-order valence-electron chi connectivity index (χ4n) is 10.3. The summed E-state index contributed by atoms with van der Waals surface area (Å²) in [7, 11) is -26.4. The van der Waals surface area contributed by atoms with Crippen LogP contribution < -0.4 is 15.4 Å². The molecular formula is C52H56N7O19S7+. The maximum atomic E-state index is 13.4. The van der Waals surface area contributed by atoms with Gasteiger partial charge in [0.25, 0.3) is 56.4 Å². The summed E-state index contributed by atoms with van der Waals surface area (Å²) in [6.07, 6.45) is 9.45. The summed E-state index contributed by atoms with van der Waals surface area (Å²) in [5.74, 6) is -1.60. The first kappa shape index (κ1) is 65.6. The Labute approximate surface area is 495 Å². The molecule has 1 amide bonds. The number of hydrogen-bond donors (Lipinski definition) is 6. The number of Topliss-reactive ketones (excluding diaryl/α,β-unsaturated/α-hetero) is 1. The first-order valence-corrected chi connectivity index (χ1v) is 34.6. The number of primary sulfonamides is 1. The Bertz CT molecular complexity index is 4570. The summed E-state index contributed by atoms with van der Waals surface area (Å²) in [6.45, 7) is 9.88. The number of carbonyl (C=O) groups is 2. The number of benzene rings is 4. The summed E-state index contributed by atoms with van der Waals surface area (Å²) in [5, 5.41) is 16.4. The van der Waals surface area contributed by atoms with E-state index < -0.39 is 97.7 Å². The highest BCUT2D eigenvalue weighted by molar-refractivity contribution is 7.91. The van der Waals surface area contributed by atoms with Crippen LogP contribution in [0.15, 0.2) is 122 Å². The zero-order chi connectivity index (χ0) is 63.0. The van der Waals surface area contributed by atoms with Crippen molar-refractivity contribution in [3.05, 3.63) is 130 Å². The van der Waals surface area contributed by atoms with Gasteiger partial charge >= 0.3 is 10.6 Å². The van der Waals surface area contributed by atoms with Crippen LogP contribution in [-0.2, 0) is 83.1 Å². The van der Waals surface area contributed by atoms with Gasteiger partial charge in [-0.2, -0.15) is 38.2 Å². The van der Waals surface area contributed by atoms with E-state index >= 15 is 0 Å². The number of pyridine rings is 1. The number of allylic oxidation sites excluding steroid dienone is 6. The topological polar surface area (TPSA) is 420 Å². The van der Waals surface area contributed by atoms with Crippen LogP contribution >= 0.6 is 11.3 Å². The van der Waals surface area contributed by atoms with Gasteiger partial charge in [0.1, 0.15) is 22.2 Å². The van der Waals surface area contributed by atoms with E-state index in [9.17, 15) is 69.9 Å². The van der Waals surface area contributed by atoms with Crippen LogP contribution in [0.5, 0.6) is 0 Å². The monoisotopic (exact) mass is 1310 g/mol. The maximum absolute atomic E-state index is 13.4. The molecule has 0 saturated heterocycles. The van der Waals surface area contributed by atoms with Gasteiger partial charge in [0.15, 0.2) is 5.71 Å². The van der Waals surface area contributed by atoms with Crippen LogP contribution in [0.2, 0.25) is 0 Å². The van der Waals surface area contributed by atoms with Crippen molar-refractivity contribution in [2.24, 2.45) is 5.14 Å². The largest absolute Gasteiger partial charge is 0.425 e. The quantitative estimate of drug-likeness (QED) is 0.0301. The molecule has 4 aromatic carbocycles. The summed E-state index contributed by atoms with van der Waals surface area (Å²) >= 11 is 0.657. The SMILES string of the molecule is CCCC[N+]1=C(/C=C/C(=C/C=C2/N(CCCS(=O)(=O)O)c3ccc4c(S(=O)(=O)O)cc(S(=O)(=O)O)cc4c3C2(C)C)c2ccc(C(=O)NCCC(=O)Cc3nnc(S(N)(=O)=O)s3)cn2)C(C)(C)c2c1ccc1ccc(S(=O)(=O)O)cc21.O=S(=O)=O. The van der Waals surface area contributed by atoms with Crippen LogP contribution in [0.3, 0.4) is 0 Å². The molecule has 0 unspecified atom stereocenters. The van der Waals surface area contributed by atoms with Crippen molar-refractivity contribution in [1.82, 2.24) is 20.5 Å². The normalized spacial score (nSPS) is 15.8. The van der Waals surface area contributed by atoms with Crippen molar-refractivity contribution in [2.45, 2.75) is 96.6 Å². The Kier molecular flexibility index (Phi) is 19.2. The van der Waals surface area contributed by atoms with Crippen molar-refractivity contribution >= 4 is 128 Å². The molecule has 0 bridgehead atoms. The molecule has 6 aromatic rings. The average Bonchev–Trinajstić information content (AvgIpc) is 1.64. The van der Waals surface area contributed by atoms with Crippen molar-refractivity contribution in [2.75, 3.05) is 30.3 Å². The number of amides is 1. The lowest BCUT2D eigenvalue weighted by atomic mass is 9.79. The summed E-state index contributed by atoms with van der Waals surface area (Å²) < 4.78 is 190. The van der Waals surface area contributed by atoms with E-state index in [1.165, 1.54) is 36.5 Å². The Hall–Kier alpha value is -6.89. The molecule has 2 aromatic heterocycles. The van der Waals surface area contributed by atoms with Gasteiger partial charge in [0.2, 0.25) is 10.0 Å². The van der Waals surface area contributed by atoms with Crippen molar-refractivity contribution < 1.29 is 87.1 Å². The number of fused-ring (bicyclic) bond motifs is 6. The predicted octanol–water partition coefficient (Wildman–Crippen LogP) is 5.33. The third kappa shape index (κ3) is 15.0. The molecule has 0 saturated carbocycles. The van der Waals surface area contributed by atoms with E-state index in [0.717, 1.165) is 41.3 Å². The lowest BCUT2D eigenvalue weighted by Gasteiger charge is -2.27. The molecule has 0 aliphatic carbocycles. The Morgan fingerprint density at radius 2 is 1.44 bits per heavy atom. The maximum Gasteiger partial charge on any atom is 0.425 e. The number of nitrogens with two attached hydrogens (primary N) is 1. The second kappa shape index (κ2) is 24.8. The van der Waals surface area contributed by atoms with Gasteiger partial charge in [-0.25, -0.2) is 13.6 Å². The van der Waals surface area contributed by atoms with Gasteiger partial charge in [-0.15, -0.1) is 22.8 Å². The second-order valence-corrected chi connectivity index (χ2v) is 29.6. The summed E-state index contributed by atoms with van der Waals surface area (Å²) in [6, 6.07) is 15.9. The first-order chi connectivity index (χ1) is 39.3. The van der Waals surface area contributed by atoms with E-state index in [1.807, 2.05) is 39.0 Å². The smallest absolute Gasteiger partial charge is 0.352 e. The van der Waals surface area contributed by atoms with Crippen LogP contribution in [0.25, 0.3) is 27.1 Å². The fourth-order valence-corrected chi connectivity index (χ4v) is 14.1. The Morgan fingerprint density at radius 3 is 2.02 bits per heavy atom. The lowest BCUT2D eigenvalue weighted by Crippen LogP contribution is -2.28. The van der Waals surface area contributed by atoms with E-state index in [1.54, 1.807) is 49.1 Å². The molecule has 0 atom stereocenters. The predicted molar refractivity (Wildman–Crippen MR) is 313 cm³/mol. The number of carbonyl (C=O) groups excluding carboxylic acids is 2. The van der Waals surface area contributed by atoms with Gasteiger partial charge in [-0.05, 0) is 103 Å². The zero-order valence-corrected chi connectivity index (χ0v) is 51.4. The number of sulfonamides is 1. The van der Waals surface area contributed by atoms with Crippen LogP contribution in [-0.4, -0.2) is 135 Å². The molecule has 0 fully saturated rings. The molecule has 2 aliphatic rings. The standard InChI is InChI=1S/C52H55N7O16S6.O3S/c1-6-7-23-58-41-17-11-31-9-14-35(79(67,68)69)27-38(31)47(41)51(2,3)44(58)19-12-32(40-16-10-33(30-55-40)49(61)54-22-21-34(60)26-46-56-57-50(76-46)78(53,65)66)13-20-45-52(4,5)48-39-28-36(80(70,71)72)29-43(81(73,74)75)37(39)15-18-42(48)59(45)24-8-25-77(62,63)64;1-4(2)3/h9-20,27-30H,6-8,21-26H2,1-5H3,(H6-,53,54,61,62,63,64,65,66,67,68,69,70,71,72,73,74,75);/p+1. The Balaban J connectivity index is 0.00000251. The van der Waals surface area contributed by atoms with E-state index in [2.05, 4.69) is 25.1 Å². The fraction of sp³-hybridized carbons (Fsp3) is 0.308. The number of rotatable bonds is 21. The highest BCUT2D eigenvalue weighted by Crippen LogP contribution is 2.52. The van der Waals surface area contributed by atoms with Crippen LogP contribution in [0.4, 0.5) is 11.4 Å². The lowest BCUT2D eigenvalue weighted by molar-refractivity contribution is -0.438. The molecule has 4 heterocycles. The van der Waals surface area contributed by atoms with Gasteiger partial charge in [0.05, 0.1) is 38.6 Å². The van der Waals surface area contributed by atoms with Crippen LogP contribution in [0, 0.1) is 0 Å². The number of nitrogens with one attached hydrogen (secondary N) is 1. The molecule has 454 valence electrons. The summed E-state index contributed by atoms with van der Waals surface area (Å²) in [4.78, 5) is 30.7. The molecule has 0 spiro atoms. The molecular weight excluding hydrogens is 1250 g/mol. The highest BCUT2D eigenvalue weighted by atomic mass is 32.3. The number of ketones is 1. The zero-order valence-electron chi connectivity index (χ0n) is 45.7. The van der Waals surface area contributed by atoms with Crippen molar-refractivity contribution in [3.8, 4) is 0 Å². The average molecular weight is 1310 g/mol. The highest BCUT2D eigenvalue weighted by Gasteiger charge is 2.46. The third-order valence-corrected chi connectivity index (χ3v) is 19.6. The van der Waals surface area contributed by atoms with Crippen molar-refractivity contribution in [3.63, 3.8) is 0 Å².